The molecule has 9 nitrogen and oxygen atoms in total. The first-order valence-electron chi connectivity index (χ1n) is 11.5. The molecule has 0 atom stereocenters. The number of piperidine rings is 1. The highest BCUT2D eigenvalue weighted by Crippen LogP contribution is 2.46. The van der Waals surface area contributed by atoms with E-state index in [0.717, 1.165) is 43.7 Å². The predicted molar refractivity (Wildman–Crippen MR) is 128 cm³/mol. The van der Waals surface area contributed by atoms with E-state index in [0.29, 0.717) is 36.4 Å². The van der Waals surface area contributed by atoms with E-state index < -0.39 is 15.3 Å². The molecule has 1 N–H and O–H groups in total. The molecule has 0 aliphatic carbocycles. The minimum absolute atomic E-state index is 0.0740. The maximum absolute atomic E-state index is 12.8. The molecule has 5 heterocycles. The number of amides is 1. The Morgan fingerprint density at radius 3 is 2.50 bits per heavy atom. The molecule has 0 radical (unpaired) electrons. The highest BCUT2D eigenvalue weighted by atomic mass is 35.5. The summed E-state index contributed by atoms with van der Waals surface area (Å²) in [5, 5.41) is 3.67. The van der Waals surface area contributed by atoms with Crippen molar-refractivity contribution in [3.8, 4) is 5.75 Å². The molecule has 0 bridgehead atoms. The Morgan fingerprint density at radius 2 is 1.82 bits per heavy atom. The van der Waals surface area contributed by atoms with Crippen molar-refractivity contribution < 1.29 is 17.9 Å². The van der Waals surface area contributed by atoms with Gasteiger partial charge < -0.3 is 15.0 Å². The monoisotopic (exact) mass is 503 g/mol. The number of hydrogen-bond acceptors (Lipinski definition) is 8. The number of sulfone groups is 1. The molecule has 180 valence electrons. The Morgan fingerprint density at radius 1 is 1.12 bits per heavy atom. The van der Waals surface area contributed by atoms with Gasteiger partial charge in [-0.05, 0) is 49.7 Å². The summed E-state index contributed by atoms with van der Waals surface area (Å²) in [6.45, 7) is 4.27. The Balaban J connectivity index is 0.977. The fourth-order valence-corrected chi connectivity index (χ4v) is 8.18. The number of rotatable bonds is 5. The zero-order valence-corrected chi connectivity index (χ0v) is 20.2. The number of halogens is 1. The third kappa shape index (κ3) is 3.72. The number of hydrogen-bond donors (Lipinski definition) is 1. The second-order valence-electron chi connectivity index (χ2n) is 10.0. The van der Waals surface area contributed by atoms with Crippen LogP contribution in [-0.2, 0) is 20.0 Å². The number of nitrogens with zero attached hydrogens (tertiary/aromatic N) is 4. The van der Waals surface area contributed by atoms with E-state index >= 15 is 0 Å². The number of benzene rings is 1. The van der Waals surface area contributed by atoms with E-state index in [2.05, 4.69) is 20.2 Å². The van der Waals surface area contributed by atoms with Crippen molar-refractivity contribution in [1.82, 2.24) is 14.9 Å². The molecule has 6 rings (SSSR count). The normalized spacial score (nSPS) is 23.8. The molecule has 4 aliphatic heterocycles. The minimum atomic E-state index is -2.82. The molecule has 3 fully saturated rings. The van der Waals surface area contributed by atoms with Crippen molar-refractivity contribution in [3.05, 3.63) is 41.2 Å². The lowest BCUT2D eigenvalue weighted by atomic mass is 9.73. The lowest BCUT2D eigenvalue weighted by Gasteiger charge is -2.54. The summed E-state index contributed by atoms with van der Waals surface area (Å²) in [4.78, 5) is 25.8. The molecule has 2 aromatic rings. The number of aromatic nitrogens is 2. The molecule has 1 aromatic heterocycles. The van der Waals surface area contributed by atoms with Crippen LogP contribution in [0.3, 0.4) is 0 Å². The van der Waals surface area contributed by atoms with Crippen LogP contribution in [0.1, 0.15) is 18.4 Å². The Kier molecular flexibility index (Phi) is 5.06. The quantitative estimate of drug-likeness (QED) is 0.657. The number of nitrogens with one attached hydrogen (secondary N) is 1. The lowest BCUT2D eigenvalue weighted by Crippen LogP contribution is -2.68. The van der Waals surface area contributed by atoms with Gasteiger partial charge in [-0.1, -0.05) is 11.6 Å². The first kappa shape index (κ1) is 22.1. The Hall–Kier alpha value is -2.43. The van der Waals surface area contributed by atoms with E-state index in [4.69, 9.17) is 16.3 Å². The van der Waals surface area contributed by atoms with Crippen LogP contribution >= 0.6 is 11.6 Å². The number of carbonyl (C=O) groups is 1. The first-order chi connectivity index (χ1) is 16.3. The van der Waals surface area contributed by atoms with Crippen LogP contribution in [0.4, 0.5) is 11.6 Å². The summed E-state index contributed by atoms with van der Waals surface area (Å²) in [6, 6.07) is 5.62. The van der Waals surface area contributed by atoms with E-state index in [1.165, 1.54) is 0 Å². The van der Waals surface area contributed by atoms with Gasteiger partial charge in [0.1, 0.15) is 6.61 Å². The fraction of sp³-hybridized carbons (Fsp3) is 0.522. The molecule has 0 saturated carbocycles. The molecule has 11 heteroatoms. The molecule has 3 saturated heterocycles. The molecule has 1 amide bonds. The molecule has 0 unspecified atom stereocenters. The standard InChI is InChI=1S/C23H26ClN5O4S/c24-16-1-2-19-18(9-16)23(20(30)27-19)3-5-28(6-4-23)7-8-33-17-10-25-21(26-11-17)29-12-22(13-29)14-34(31,32)15-22/h1-2,9-11H,3-8,12-15H2,(H,27,30). The highest BCUT2D eigenvalue weighted by Gasteiger charge is 2.56. The van der Waals surface area contributed by atoms with Gasteiger partial charge in [-0.25, -0.2) is 18.4 Å². The maximum atomic E-state index is 12.8. The predicted octanol–water partition coefficient (Wildman–Crippen LogP) is 1.73. The van der Waals surface area contributed by atoms with Gasteiger partial charge in [0.2, 0.25) is 11.9 Å². The SMILES string of the molecule is O=C1Nc2ccc(Cl)cc2C12CCN(CCOc1cnc(N3CC4(C3)CS(=O)(=O)C4)nc1)CC2. The van der Waals surface area contributed by atoms with Crippen LogP contribution in [0.15, 0.2) is 30.6 Å². The number of anilines is 2. The van der Waals surface area contributed by atoms with Crippen LogP contribution in [-0.4, -0.2) is 80.0 Å². The van der Waals surface area contributed by atoms with Crippen molar-refractivity contribution in [2.75, 3.05) is 61.1 Å². The summed E-state index contributed by atoms with van der Waals surface area (Å²) >= 11 is 6.20. The van der Waals surface area contributed by atoms with Crippen molar-refractivity contribution in [2.24, 2.45) is 5.41 Å². The minimum Gasteiger partial charge on any atom is -0.489 e. The molecular weight excluding hydrogens is 478 g/mol. The van der Waals surface area contributed by atoms with Crippen molar-refractivity contribution in [1.29, 1.82) is 0 Å². The van der Waals surface area contributed by atoms with Crippen LogP contribution in [0.5, 0.6) is 5.75 Å². The van der Waals surface area contributed by atoms with Crippen LogP contribution < -0.4 is 15.0 Å². The van der Waals surface area contributed by atoms with Crippen LogP contribution in [0.25, 0.3) is 0 Å². The van der Waals surface area contributed by atoms with Crippen molar-refractivity contribution >= 4 is 39.0 Å². The largest absolute Gasteiger partial charge is 0.489 e. The van der Waals surface area contributed by atoms with Gasteiger partial charge in [0.05, 0.1) is 29.3 Å². The van der Waals surface area contributed by atoms with Gasteiger partial charge in [-0.2, -0.15) is 0 Å². The van der Waals surface area contributed by atoms with Crippen molar-refractivity contribution in [2.45, 2.75) is 18.3 Å². The zero-order chi connectivity index (χ0) is 23.6. The number of fused-ring (bicyclic) bond motifs is 2. The average Bonchev–Trinajstić information content (AvgIpc) is 3.03. The second kappa shape index (κ2) is 7.79. The van der Waals surface area contributed by atoms with E-state index in [1.54, 1.807) is 12.4 Å². The average molecular weight is 504 g/mol. The van der Waals surface area contributed by atoms with Crippen LogP contribution in [0.2, 0.25) is 5.02 Å². The number of carbonyl (C=O) groups excluding carboxylic acids is 1. The summed E-state index contributed by atoms with van der Waals surface area (Å²) in [5.41, 5.74) is 1.32. The summed E-state index contributed by atoms with van der Waals surface area (Å²) < 4.78 is 28.7. The summed E-state index contributed by atoms with van der Waals surface area (Å²) in [7, 11) is -2.82. The van der Waals surface area contributed by atoms with Crippen LogP contribution in [0, 0.1) is 5.41 Å². The second-order valence-corrected chi connectivity index (χ2v) is 12.5. The van der Waals surface area contributed by atoms with E-state index in [9.17, 15) is 13.2 Å². The van der Waals surface area contributed by atoms with Crippen molar-refractivity contribution in [3.63, 3.8) is 0 Å². The molecule has 34 heavy (non-hydrogen) atoms. The number of likely N-dealkylation sites (tertiary alicyclic amines) is 1. The molecule has 4 aliphatic rings. The number of ether oxygens (including phenoxy) is 1. The van der Waals surface area contributed by atoms with Gasteiger partial charge >= 0.3 is 0 Å². The Bertz CT molecular complexity index is 1220. The van der Waals surface area contributed by atoms with Gasteiger partial charge in [0.25, 0.3) is 0 Å². The third-order valence-electron chi connectivity index (χ3n) is 7.57. The van der Waals surface area contributed by atoms with Gasteiger partial charge in [-0.3, -0.25) is 9.69 Å². The molecule has 2 spiro atoms. The summed E-state index contributed by atoms with van der Waals surface area (Å²) in [5.74, 6) is 1.85. The third-order valence-corrected chi connectivity index (χ3v) is 9.91. The summed E-state index contributed by atoms with van der Waals surface area (Å²) in [6.07, 6.45) is 4.84. The van der Waals surface area contributed by atoms with E-state index in [1.807, 2.05) is 23.1 Å². The van der Waals surface area contributed by atoms with Gasteiger partial charge in [-0.15, -0.1) is 0 Å². The van der Waals surface area contributed by atoms with Gasteiger partial charge in [0.15, 0.2) is 15.6 Å². The first-order valence-corrected chi connectivity index (χ1v) is 13.7. The smallest absolute Gasteiger partial charge is 0.235 e. The highest BCUT2D eigenvalue weighted by molar-refractivity contribution is 7.92. The van der Waals surface area contributed by atoms with E-state index in [-0.39, 0.29) is 22.8 Å². The Labute approximate surface area is 203 Å². The fourth-order valence-electron chi connectivity index (χ4n) is 5.86. The lowest BCUT2D eigenvalue weighted by molar-refractivity contribution is -0.122. The molecular formula is C23H26ClN5O4S. The molecule has 1 aromatic carbocycles. The zero-order valence-electron chi connectivity index (χ0n) is 18.7. The maximum Gasteiger partial charge on any atom is 0.235 e. The van der Waals surface area contributed by atoms with Gasteiger partial charge in [0, 0.05) is 35.8 Å². The topological polar surface area (TPSA) is 105 Å².